The molecule has 0 bridgehead atoms. The summed E-state index contributed by atoms with van der Waals surface area (Å²) in [7, 11) is 0. The lowest BCUT2D eigenvalue weighted by molar-refractivity contribution is 0.399. The molecule has 1 aromatic rings. The van der Waals surface area contributed by atoms with Gasteiger partial charge in [0.25, 0.3) is 0 Å². The van der Waals surface area contributed by atoms with Crippen molar-refractivity contribution in [1.82, 2.24) is 10.2 Å². The molecule has 4 nitrogen and oxygen atoms in total. The van der Waals surface area contributed by atoms with Gasteiger partial charge in [0.2, 0.25) is 11.8 Å². The Balaban J connectivity index is 2.27. The highest BCUT2D eigenvalue weighted by Crippen LogP contribution is 2.39. The Kier molecular flexibility index (Phi) is 1.62. The van der Waals surface area contributed by atoms with Crippen LogP contribution in [0.1, 0.15) is 44.4 Å². The van der Waals surface area contributed by atoms with E-state index in [2.05, 4.69) is 16.3 Å². The molecule has 0 N–H and O–H groups in total. The van der Waals surface area contributed by atoms with Gasteiger partial charge in [0.15, 0.2) is 0 Å². The number of hydrogen-bond acceptors (Lipinski definition) is 4. The van der Waals surface area contributed by atoms with E-state index in [1.165, 1.54) is 0 Å². The molecule has 0 aliphatic heterocycles. The average molecular weight is 177 g/mol. The lowest BCUT2D eigenvalue weighted by Crippen LogP contribution is -2.14. The number of nitriles is 1. The Morgan fingerprint density at radius 1 is 1.46 bits per heavy atom. The molecule has 1 fully saturated rings. The van der Waals surface area contributed by atoms with Gasteiger partial charge >= 0.3 is 0 Å². The minimum Gasteiger partial charge on any atom is -0.423 e. The molecule has 0 radical (unpaired) electrons. The van der Waals surface area contributed by atoms with Gasteiger partial charge in [-0.05, 0) is 26.7 Å². The largest absolute Gasteiger partial charge is 0.423 e. The van der Waals surface area contributed by atoms with E-state index in [1.54, 1.807) is 13.8 Å². The minimum absolute atomic E-state index is 0.428. The molecular formula is C9H11N3O. The molecule has 4 heteroatoms. The number of aromatic nitrogens is 2. The van der Waals surface area contributed by atoms with Crippen molar-refractivity contribution < 1.29 is 4.42 Å². The van der Waals surface area contributed by atoms with Crippen molar-refractivity contribution in [2.75, 3.05) is 0 Å². The summed E-state index contributed by atoms with van der Waals surface area (Å²) in [5.74, 6) is 1.57. The van der Waals surface area contributed by atoms with Crippen LogP contribution in [0.4, 0.5) is 0 Å². The lowest BCUT2D eigenvalue weighted by atomic mass is 9.96. The summed E-state index contributed by atoms with van der Waals surface area (Å²) in [6.07, 6.45) is 2.27. The Morgan fingerprint density at radius 3 is 2.69 bits per heavy atom. The molecule has 0 atom stereocenters. The SMILES string of the molecule is CC(C)(C#N)c1nnc(C2CC2)o1. The van der Waals surface area contributed by atoms with Crippen LogP contribution in [0.3, 0.4) is 0 Å². The Bertz CT molecular complexity index is 357. The standard InChI is InChI=1S/C9H11N3O/c1-9(2,5-10)8-12-11-7(13-8)6-3-4-6/h6H,3-4H2,1-2H3. The average Bonchev–Trinajstić information content (AvgIpc) is 2.83. The first-order valence-corrected chi connectivity index (χ1v) is 4.38. The second-order valence-electron chi connectivity index (χ2n) is 3.96. The van der Waals surface area contributed by atoms with Gasteiger partial charge in [0, 0.05) is 5.92 Å². The fourth-order valence-electron chi connectivity index (χ4n) is 1.03. The molecule has 1 aliphatic rings. The van der Waals surface area contributed by atoms with E-state index in [1.807, 2.05) is 0 Å². The van der Waals surface area contributed by atoms with Gasteiger partial charge in [-0.1, -0.05) is 0 Å². The van der Waals surface area contributed by atoms with Gasteiger partial charge in [-0.15, -0.1) is 10.2 Å². The van der Waals surface area contributed by atoms with E-state index in [9.17, 15) is 0 Å². The maximum atomic E-state index is 8.83. The first-order chi connectivity index (χ1) is 6.13. The molecule has 0 unspecified atom stereocenters. The summed E-state index contributed by atoms with van der Waals surface area (Å²) >= 11 is 0. The van der Waals surface area contributed by atoms with Gasteiger partial charge < -0.3 is 4.42 Å². The third kappa shape index (κ3) is 1.42. The van der Waals surface area contributed by atoms with Gasteiger partial charge in [0.1, 0.15) is 5.41 Å². The number of rotatable bonds is 2. The summed E-state index contributed by atoms with van der Waals surface area (Å²) in [6, 6.07) is 2.13. The van der Waals surface area contributed by atoms with Crippen molar-refractivity contribution in [2.45, 2.75) is 38.0 Å². The van der Waals surface area contributed by atoms with Crippen LogP contribution in [-0.4, -0.2) is 10.2 Å². The summed E-state index contributed by atoms with van der Waals surface area (Å²) in [6.45, 7) is 3.55. The zero-order valence-corrected chi connectivity index (χ0v) is 7.74. The summed E-state index contributed by atoms with van der Waals surface area (Å²) in [5.41, 5.74) is -0.667. The van der Waals surface area contributed by atoms with Crippen molar-refractivity contribution in [1.29, 1.82) is 5.26 Å². The van der Waals surface area contributed by atoms with Gasteiger partial charge in [0.05, 0.1) is 6.07 Å². The van der Waals surface area contributed by atoms with Gasteiger partial charge in [-0.25, -0.2) is 0 Å². The molecule has 1 heterocycles. The van der Waals surface area contributed by atoms with Crippen molar-refractivity contribution in [2.24, 2.45) is 0 Å². The van der Waals surface area contributed by atoms with Crippen molar-refractivity contribution in [3.8, 4) is 6.07 Å². The molecule has 68 valence electrons. The normalized spacial score (nSPS) is 17.0. The van der Waals surface area contributed by atoms with Crippen LogP contribution in [0, 0.1) is 11.3 Å². The smallest absolute Gasteiger partial charge is 0.236 e. The number of hydrogen-bond donors (Lipinski definition) is 0. The third-order valence-electron chi connectivity index (χ3n) is 2.18. The van der Waals surface area contributed by atoms with Crippen LogP contribution >= 0.6 is 0 Å². The second kappa shape index (κ2) is 2.56. The second-order valence-corrected chi connectivity index (χ2v) is 3.96. The summed E-state index contributed by atoms with van der Waals surface area (Å²) < 4.78 is 5.42. The monoisotopic (exact) mass is 177 g/mol. The van der Waals surface area contributed by atoms with Crippen LogP contribution in [-0.2, 0) is 5.41 Å². The predicted molar refractivity (Wildman–Crippen MR) is 44.9 cm³/mol. The van der Waals surface area contributed by atoms with E-state index in [0.29, 0.717) is 17.7 Å². The highest BCUT2D eigenvalue weighted by molar-refractivity contribution is 5.14. The minimum atomic E-state index is -0.667. The van der Waals surface area contributed by atoms with Crippen molar-refractivity contribution in [3.63, 3.8) is 0 Å². The fraction of sp³-hybridized carbons (Fsp3) is 0.667. The van der Waals surface area contributed by atoms with E-state index in [-0.39, 0.29) is 0 Å². The first-order valence-electron chi connectivity index (χ1n) is 4.38. The molecule has 0 saturated heterocycles. The number of nitrogens with zero attached hydrogens (tertiary/aromatic N) is 3. The quantitative estimate of drug-likeness (QED) is 0.690. The molecule has 0 aromatic carbocycles. The Morgan fingerprint density at radius 2 is 2.15 bits per heavy atom. The van der Waals surface area contributed by atoms with Crippen LogP contribution in [0.15, 0.2) is 4.42 Å². The zero-order chi connectivity index (χ0) is 9.47. The van der Waals surface area contributed by atoms with Crippen molar-refractivity contribution >= 4 is 0 Å². The topological polar surface area (TPSA) is 62.7 Å². The molecule has 1 saturated carbocycles. The molecule has 0 spiro atoms. The van der Waals surface area contributed by atoms with E-state index in [0.717, 1.165) is 12.8 Å². The zero-order valence-electron chi connectivity index (χ0n) is 7.74. The molecule has 13 heavy (non-hydrogen) atoms. The van der Waals surface area contributed by atoms with Crippen LogP contribution in [0.2, 0.25) is 0 Å². The summed E-state index contributed by atoms with van der Waals surface area (Å²) in [5, 5.41) is 16.6. The fourth-order valence-corrected chi connectivity index (χ4v) is 1.03. The highest BCUT2D eigenvalue weighted by atomic mass is 16.4. The third-order valence-corrected chi connectivity index (χ3v) is 2.18. The van der Waals surface area contributed by atoms with Crippen molar-refractivity contribution in [3.05, 3.63) is 11.8 Å². The summed E-state index contributed by atoms with van der Waals surface area (Å²) in [4.78, 5) is 0. The van der Waals surface area contributed by atoms with Crippen LogP contribution < -0.4 is 0 Å². The molecule has 0 amide bonds. The molecule has 2 rings (SSSR count). The maximum Gasteiger partial charge on any atom is 0.236 e. The van der Waals surface area contributed by atoms with Crippen LogP contribution in [0.5, 0.6) is 0 Å². The van der Waals surface area contributed by atoms with Gasteiger partial charge in [-0.3, -0.25) is 0 Å². The molecule has 1 aliphatic carbocycles. The first kappa shape index (κ1) is 8.24. The Labute approximate surface area is 76.6 Å². The van der Waals surface area contributed by atoms with Gasteiger partial charge in [-0.2, -0.15) is 5.26 Å². The Hall–Kier alpha value is -1.37. The predicted octanol–water partition coefficient (Wildman–Crippen LogP) is 1.75. The highest BCUT2D eigenvalue weighted by Gasteiger charge is 2.33. The van der Waals surface area contributed by atoms with E-state index < -0.39 is 5.41 Å². The maximum absolute atomic E-state index is 8.83. The molecular weight excluding hydrogens is 166 g/mol. The van der Waals surface area contributed by atoms with Crippen LogP contribution in [0.25, 0.3) is 0 Å². The molecule has 1 aromatic heterocycles. The van der Waals surface area contributed by atoms with E-state index >= 15 is 0 Å². The van der Waals surface area contributed by atoms with E-state index in [4.69, 9.17) is 9.68 Å². The lowest BCUT2D eigenvalue weighted by Gasteiger charge is -2.07.